The first-order valence-electron chi connectivity index (χ1n) is 5.73. The normalized spacial score (nSPS) is 26.6. The fourth-order valence-electron chi connectivity index (χ4n) is 1.77. The topological polar surface area (TPSA) is 95.9 Å². The molecule has 7 heteroatoms. The lowest BCUT2D eigenvalue weighted by Gasteiger charge is -2.23. The number of carbonyl (C=O) groups excluding carboxylic acids is 1. The molecular formula is C11H19NO5S. The zero-order valence-corrected chi connectivity index (χ0v) is 11.3. The Kier molecular flexibility index (Phi) is 5.43. The molecule has 18 heavy (non-hydrogen) atoms. The van der Waals surface area contributed by atoms with Gasteiger partial charge in [-0.3, -0.25) is 4.79 Å². The van der Waals surface area contributed by atoms with Gasteiger partial charge in [0.25, 0.3) is 0 Å². The summed E-state index contributed by atoms with van der Waals surface area (Å²) < 4.78 is 5.11. The largest absolute Gasteiger partial charge is 0.479 e. The molecule has 0 aromatic carbocycles. The number of ether oxygens (including phenoxy) is 1. The monoisotopic (exact) mass is 277 g/mol. The average molecular weight is 277 g/mol. The molecule has 1 unspecified atom stereocenters. The summed E-state index contributed by atoms with van der Waals surface area (Å²) in [5.74, 6) is -0.892. The van der Waals surface area contributed by atoms with E-state index in [-0.39, 0.29) is 12.5 Å². The van der Waals surface area contributed by atoms with Gasteiger partial charge in [-0.1, -0.05) is 0 Å². The number of hydrogen-bond donors (Lipinski definition) is 3. The Balaban J connectivity index is 2.36. The molecule has 104 valence electrons. The molecule has 1 fully saturated rings. The minimum Gasteiger partial charge on any atom is -0.479 e. The Morgan fingerprint density at radius 2 is 2.06 bits per heavy atom. The number of carbonyl (C=O) groups is 2. The molecule has 0 spiro atoms. The van der Waals surface area contributed by atoms with Gasteiger partial charge in [-0.15, -0.1) is 0 Å². The molecule has 0 saturated carbocycles. The van der Waals surface area contributed by atoms with Crippen LogP contribution in [-0.2, 0) is 14.3 Å². The fraction of sp³-hybridized carbons (Fsp3) is 0.818. The van der Waals surface area contributed by atoms with Gasteiger partial charge in [0, 0.05) is 12.3 Å². The van der Waals surface area contributed by atoms with Crippen molar-refractivity contribution < 1.29 is 24.5 Å². The Bertz CT molecular complexity index is 321. The van der Waals surface area contributed by atoms with Crippen molar-refractivity contribution in [2.45, 2.75) is 37.6 Å². The van der Waals surface area contributed by atoms with Crippen molar-refractivity contribution in [1.82, 2.24) is 5.32 Å². The van der Waals surface area contributed by atoms with Crippen LogP contribution in [0, 0.1) is 0 Å². The summed E-state index contributed by atoms with van der Waals surface area (Å²) in [7, 11) is 0. The number of aliphatic hydroxyl groups is 1. The van der Waals surface area contributed by atoms with Crippen LogP contribution in [0.25, 0.3) is 0 Å². The molecule has 1 aliphatic rings. The first kappa shape index (κ1) is 15.3. The van der Waals surface area contributed by atoms with E-state index in [0.717, 1.165) is 0 Å². The summed E-state index contributed by atoms with van der Waals surface area (Å²) in [6.45, 7) is 1.77. The second-order valence-electron chi connectivity index (χ2n) is 4.68. The van der Waals surface area contributed by atoms with E-state index in [1.165, 1.54) is 11.8 Å². The number of thioether (sulfide) groups is 1. The van der Waals surface area contributed by atoms with Crippen LogP contribution in [0.3, 0.4) is 0 Å². The van der Waals surface area contributed by atoms with E-state index < -0.39 is 23.8 Å². The molecule has 1 amide bonds. The van der Waals surface area contributed by atoms with Crippen LogP contribution in [0.15, 0.2) is 0 Å². The molecule has 1 saturated heterocycles. The molecule has 1 rings (SSSR count). The molecule has 3 atom stereocenters. The van der Waals surface area contributed by atoms with E-state index in [4.69, 9.17) is 9.84 Å². The summed E-state index contributed by atoms with van der Waals surface area (Å²) in [4.78, 5) is 22.4. The minimum absolute atomic E-state index is 0.129. The second kappa shape index (κ2) is 6.40. The molecule has 0 radical (unpaired) electrons. The highest BCUT2D eigenvalue weighted by atomic mass is 32.2. The van der Waals surface area contributed by atoms with Gasteiger partial charge in [-0.2, -0.15) is 11.8 Å². The van der Waals surface area contributed by atoms with Crippen molar-refractivity contribution in [2.75, 3.05) is 18.6 Å². The van der Waals surface area contributed by atoms with Crippen molar-refractivity contribution in [3.8, 4) is 0 Å². The third kappa shape index (κ3) is 4.47. The van der Waals surface area contributed by atoms with Crippen LogP contribution < -0.4 is 5.32 Å². The van der Waals surface area contributed by atoms with Crippen LogP contribution >= 0.6 is 11.8 Å². The lowest BCUT2D eigenvalue weighted by atomic mass is 10.1. The number of rotatable bonds is 6. The standard InChI is InChI=1S/C11H19NO5S/c1-11(16,6-18-2)5-12-9(13)7-3-4-8(17-7)10(14)15/h7-8,16H,3-6H2,1-2H3,(H,12,13)(H,14,15)/t7-,8+,11?/m0/s1. The van der Waals surface area contributed by atoms with Gasteiger partial charge in [0.2, 0.25) is 5.91 Å². The van der Waals surface area contributed by atoms with Crippen LogP contribution in [0.1, 0.15) is 19.8 Å². The lowest BCUT2D eigenvalue weighted by molar-refractivity contribution is -0.152. The third-order valence-corrected chi connectivity index (χ3v) is 3.60. The molecule has 0 aromatic heterocycles. The second-order valence-corrected chi connectivity index (χ2v) is 5.54. The van der Waals surface area contributed by atoms with Gasteiger partial charge in [-0.05, 0) is 26.0 Å². The summed E-state index contributed by atoms with van der Waals surface area (Å²) in [5, 5.41) is 21.2. The average Bonchev–Trinajstić information content (AvgIpc) is 2.75. The predicted molar refractivity (Wildman–Crippen MR) is 67.5 cm³/mol. The van der Waals surface area contributed by atoms with Gasteiger partial charge in [0.15, 0.2) is 6.10 Å². The van der Waals surface area contributed by atoms with E-state index >= 15 is 0 Å². The highest BCUT2D eigenvalue weighted by Gasteiger charge is 2.35. The van der Waals surface area contributed by atoms with Crippen molar-refractivity contribution in [1.29, 1.82) is 0 Å². The van der Waals surface area contributed by atoms with Gasteiger partial charge < -0.3 is 20.3 Å². The molecule has 6 nitrogen and oxygen atoms in total. The van der Waals surface area contributed by atoms with Gasteiger partial charge in [0.05, 0.1) is 5.60 Å². The van der Waals surface area contributed by atoms with Crippen molar-refractivity contribution >= 4 is 23.6 Å². The molecule has 0 aliphatic carbocycles. The molecular weight excluding hydrogens is 258 g/mol. The zero-order valence-electron chi connectivity index (χ0n) is 10.5. The highest BCUT2D eigenvalue weighted by molar-refractivity contribution is 7.98. The van der Waals surface area contributed by atoms with E-state index in [2.05, 4.69) is 5.32 Å². The molecule has 3 N–H and O–H groups in total. The summed E-state index contributed by atoms with van der Waals surface area (Å²) in [5.41, 5.74) is -0.972. The number of nitrogens with one attached hydrogen (secondary N) is 1. The third-order valence-electron chi connectivity index (χ3n) is 2.69. The maximum absolute atomic E-state index is 11.7. The van der Waals surface area contributed by atoms with E-state index in [0.29, 0.717) is 18.6 Å². The smallest absolute Gasteiger partial charge is 0.332 e. The minimum atomic E-state index is -1.04. The maximum atomic E-state index is 11.7. The lowest BCUT2D eigenvalue weighted by Crippen LogP contribution is -2.45. The molecule has 1 heterocycles. The van der Waals surface area contributed by atoms with Crippen LogP contribution in [-0.4, -0.2) is 58.5 Å². The number of carboxylic acids is 1. The quantitative estimate of drug-likeness (QED) is 0.625. The highest BCUT2D eigenvalue weighted by Crippen LogP contribution is 2.20. The van der Waals surface area contributed by atoms with Crippen molar-refractivity contribution in [2.24, 2.45) is 0 Å². The van der Waals surface area contributed by atoms with Crippen LogP contribution in [0.4, 0.5) is 0 Å². The van der Waals surface area contributed by atoms with Gasteiger partial charge in [0.1, 0.15) is 6.10 Å². The molecule has 1 aliphatic heterocycles. The van der Waals surface area contributed by atoms with Crippen LogP contribution in [0.5, 0.6) is 0 Å². The Morgan fingerprint density at radius 3 is 2.56 bits per heavy atom. The van der Waals surface area contributed by atoms with Crippen LogP contribution in [0.2, 0.25) is 0 Å². The number of amides is 1. The SMILES string of the molecule is CSCC(C)(O)CNC(=O)[C@@H]1CC[C@H](C(=O)O)O1. The summed E-state index contributed by atoms with van der Waals surface area (Å²) in [6.07, 6.45) is 0.985. The number of aliphatic carboxylic acids is 1. The molecule has 0 aromatic rings. The fourth-order valence-corrected chi connectivity index (χ4v) is 2.49. The Labute approximate surface area is 110 Å². The van der Waals surface area contributed by atoms with E-state index in [1.54, 1.807) is 6.92 Å². The maximum Gasteiger partial charge on any atom is 0.332 e. The van der Waals surface area contributed by atoms with E-state index in [1.807, 2.05) is 6.26 Å². The Morgan fingerprint density at radius 1 is 1.44 bits per heavy atom. The zero-order chi connectivity index (χ0) is 13.8. The number of carboxylic acid groups (broad SMARTS) is 1. The molecule has 0 bridgehead atoms. The van der Waals surface area contributed by atoms with Gasteiger partial charge >= 0.3 is 5.97 Å². The van der Waals surface area contributed by atoms with Crippen molar-refractivity contribution in [3.63, 3.8) is 0 Å². The summed E-state index contributed by atoms with van der Waals surface area (Å²) >= 11 is 1.49. The Hall–Kier alpha value is -0.790. The van der Waals surface area contributed by atoms with Crippen molar-refractivity contribution in [3.05, 3.63) is 0 Å². The number of hydrogen-bond acceptors (Lipinski definition) is 5. The first-order valence-corrected chi connectivity index (χ1v) is 7.12. The first-order chi connectivity index (χ1) is 8.35. The summed E-state index contributed by atoms with van der Waals surface area (Å²) in [6, 6.07) is 0. The van der Waals surface area contributed by atoms with E-state index in [9.17, 15) is 14.7 Å². The van der Waals surface area contributed by atoms with Gasteiger partial charge in [-0.25, -0.2) is 4.79 Å². The predicted octanol–water partition coefficient (Wildman–Crippen LogP) is -0.151.